The van der Waals surface area contributed by atoms with E-state index in [1.54, 1.807) is 13.8 Å². The van der Waals surface area contributed by atoms with Crippen LogP contribution in [0, 0.1) is 5.41 Å². The van der Waals surface area contributed by atoms with Gasteiger partial charge in [0.1, 0.15) is 0 Å². The molecule has 5 nitrogen and oxygen atoms in total. The van der Waals surface area contributed by atoms with Gasteiger partial charge in [-0.25, -0.2) is 13.2 Å². The van der Waals surface area contributed by atoms with Gasteiger partial charge in [-0.2, -0.15) is 0 Å². The number of urea groups is 1. The molecule has 0 aliphatic heterocycles. The zero-order valence-corrected chi connectivity index (χ0v) is 14.6. The molecule has 0 aromatic heterocycles. The third-order valence-electron chi connectivity index (χ3n) is 2.75. The highest BCUT2D eigenvalue weighted by molar-refractivity contribution is 7.91. The van der Waals surface area contributed by atoms with Crippen LogP contribution in [0.1, 0.15) is 54.9 Å². The summed E-state index contributed by atoms with van der Waals surface area (Å²) in [6.45, 7) is 13.6. The SMILES string of the molecule is CCS(=O)(=O)C[C@@H](C)NC(=O)NC(C)(C)CC(C)(C)C. The molecular formula is C14H30N2O3S. The summed E-state index contributed by atoms with van der Waals surface area (Å²) in [6, 6.07) is -0.719. The molecule has 0 saturated carbocycles. The van der Waals surface area contributed by atoms with Crippen LogP contribution < -0.4 is 10.6 Å². The van der Waals surface area contributed by atoms with Gasteiger partial charge in [-0.1, -0.05) is 27.7 Å². The Kier molecular flexibility index (Phi) is 6.52. The van der Waals surface area contributed by atoms with Gasteiger partial charge in [0.25, 0.3) is 0 Å². The molecule has 0 aromatic rings. The summed E-state index contributed by atoms with van der Waals surface area (Å²) in [5.74, 6) is 0.0623. The average molecular weight is 306 g/mol. The van der Waals surface area contributed by atoms with E-state index >= 15 is 0 Å². The molecule has 0 radical (unpaired) electrons. The minimum absolute atomic E-state index is 0.0311. The van der Waals surface area contributed by atoms with E-state index < -0.39 is 15.9 Å². The molecule has 0 aliphatic carbocycles. The largest absolute Gasteiger partial charge is 0.335 e. The lowest BCUT2D eigenvalue weighted by molar-refractivity contribution is 0.209. The van der Waals surface area contributed by atoms with Gasteiger partial charge >= 0.3 is 6.03 Å². The van der Waals surface area contributed by atoms with E-state index in [1.165, 1.54) is 0 Å². The van der Waals surface area contributed by atoms with Crippen molar-refractivity contribution in [2.45, 2.75) is 66.5 Å². The number of rotatable bonds is 6. The summed E-state index contributed by atoms with van der Waals surface area (Å²) in [7, 11) is -3.08. The zero-order valence-electron chi connectivity index (χ0n) is 13.8. The van der Waals surface area contributed by atoms with Crippen molar-refractivity contribution in [1.29, 1.82) is 0 Å². The molecule has 0 fully saturated rings. The summed E-state index contributed by atoms with van der Waals surface area (Å²) in [5, 5.41) is 5.59. The van der Waals surface area contributed by atoms with Crippen molar-refractivity contribution in [3.63, 3.8) is 0 Å². The number of hydrogen-bond donors (Lipinski definition) is 2. The quantitative estimate of drug-likeness (QED) is 0.791. The molecule has 20 heavy (non-hydrogen) atoms. The van der Waals surface area contributed by atoms with Crippen molar-refractivity contribution in [2.75, 3.05) is 11.5 Å². The molecule has 0 aromatic carbocycles. The summed E-state index contributed by atoms with van der Waals surface area (Å²) in [4.78, 5) is 11.9. The van der Waals surface area contributed by atoms with Gasteiger partial charge < -0.3 is 10.6 Å². The van der Waals surface area contributed by atoms with Crippen molar-refractivity contribution in [3.05, 3.63) is 0 Å². The van der Waals surface area contributed by atoms with Gasteiger partial charge in [0.05, 0.1) is 5.75 Å². The fraction of sp³-hybridized carbons (Fsp3) is 0.929. The Morgan fingerprint density at radius 2 is 1.65 bits per heavy atom. The molecule has 0 spiro atoms. The number of carbonyl (C=O) groups excluding carboxylic acids is 1. The molecule has 0 bridgehead atoms. The minimum Gasteiger partial charge on any atom is -0.335 e. The third-order valence-corrected chi connectivity index (χ3v) is 4.63. The number of sulfone groups is 1. The molecule has 0 heterocycles. The first-order valence-corrected chi connectivity index (χ1v) is 8.87. The van der Waals surface area contributed by atoms with Gasteiger partial charge in [0.15, 0.2) is 9.84 Å². The van der Waals surface area contributed by atoms with E-state index in [0.29, 0.717) is 0 Å². The average Bonchev–Trinajstić information content (AvgIpc) is 2.10. The van der Waals surface area contributed by atoms with Crippen LogP contribution in [-0.4, -0.2) is 37.5 Å². The first kappa shape index (κ1) is 19.2. The molecule has 120 valence electrons. The van der Waals surface area contributed by atoms with Gasteiger partial charge in [0, 0.05) is 17.3 Å². The van der Waals surface area contributed by atoms with Crippen LogP contribution in [0.15, 0.2) is 0 Å². The van der Waals surface area contributed by atoms with Gasteiger partial charge in [-0.3, -0.25) is 0 Å². The molecule has 0 unspecified atom stereocenters. The van der Waals surface area contributed by atoms with E-state index in [0.717, 1.165) is 6.42 Å². The molecule has 0 aliphatic rings. The lowest BCUT2D eigenvalue weighted by atomic mass is 9.82. The van der Waals surface area contributed by atoms with Crippen molar-refractivity contribution in [3.8, 4) is 0 Å². The van der Waals surface area contributed by atoms with Crippen LogP contribution in [0.4, 0.5) is 4.79 Å². The number of amides is 2. The molecule has 2 N–H and O–H groups in total. The first-order valence-electron chi connectivity index (χ1n) is 7.05. The number of carbonyl (C=O) groups is 1. The monoisotopic (exact) mass is 306 g/mol. The smallest absolute Gasteiger partial charge is 0.315 e. The standard InChI is InChI=1S/C14H30N2O3S/c1-8-20(18,19)9-11(2)15-12(17)16-14(6,7)10-13(3,4)5/h11H,8-10H2,1-7H3,(H2,15,16,17)/t11-/m1/s1. The summed E-state index contributed by atoms with van der Waals surface area (Å²) in [5.41, 5.74) is -0.236. The lowest BCUT2D eigenvalue weighted by Crippen LogP contribution is -2.52. The van der Waals surface area contributed by atoms with Crippen LogP contribution in [-0.2, 0) is 9.84 Å². The lowest BCUT2D eigenvalue weighted by Gasteiger charge is -2.33. The molecule has 2 amide bonds. The fourth-order valence-electron chi connectivity index (χ4n) is 2.48. The summed E-state index contributed by atoms with van der Waals surface area (Å²) < 4.78 is 23.0. The Hall–Kier alpha value is -0.780. The molecule has 0 saturated heterocycles. The highest BCUT2D eigenvalue weighted by atomic mass is 32.2. The Morgan fingerprint density at radius 1 is 1.15 bits per heavy atom. The fourth-order valence-corrected chi connectivity index (χ4v) is 3.56. The number of hydrogen-bond acceptors (Lipinski definition) is 3. The predicted molar refractivity (Wildman–Crippen MR) is 83.6 cm³/mol. The maximum absolute atomic E-state index is 11.9. The van der Waals surface area contributed by atoms with E-state index in [9.17, 15) is 13.2 Å². The highest BCUT2D eigenvalue weighted by Crippen LogP contribution is 2.26. The number of nitrogens with one attached hydrogen (secondary N) is 2. The van der Waals surface area contributed by atoms with E-state index in [-0.39, 0.29) is 28.5 Å². The minimum atomic E-state index is -3.08. The van der Waals surface area contributed by atoms with Crippen molar-refractivity contribution in [1.82, 2.24) is 10.6 Å². The van der Waals surface area contributed by atoms with Crippen molar-refractivity contribution >= 4 is 15.9 Å². The topological polar surface area (TPSA) is 75.3 Å². The van der Waals surface area contributed by atoms with Crippen LogP contribution in [0.3, 0.4) is 0 Å². The normalized spacial score (nSPS) is 14.8. The van der Waals surface area contributed by atoms with Crippen LogP contribution >= 0.6 is 0 Å². The van der Waals surface area contributed by atoms with E-state index in [2.05, 4.69) is 31.4 Å². The molecular weight excluding hydrogens is 276 g/mol. The first-order chi connectivity index (χ1) is 8.76. The summed E-state index contributed by atoms with van der Waals surface area (Å²) in [6.07, 6.45) is 0.828. The van der Waals surface area contributed by atoms with E-state index in [4.69, 9.17) is 0 Å². The Bertz CT molecular complexity index is 422. The third kappa shape index (κ3) is 9.18. The van der Waals surface area contributed by atoms with Crippen molar-refractivity contribution in [2.24, 2.45) is 5.41 Å². The second-order valence-electron chi connectivity index (χ2n) is 7.32. The highest BCUT2D eigenvalue weighted by Gasteiger charge is 2.27. The molecule has 1 atom stereocenters. The van der Waals surface area contributed by atoms with Gasteiger partial charge in [-0.05, 0) is 32.6 Å². The van der Waals surface area contributed by atoms with Gasteiger partial charge in [0.2, 0.25) is 0 Å². The van der Waals surface area contributed by atoms with Gasteiger partial charge in [-0.15, -0.1) is 0 Å². The second kappa shape index (κ2) is 6.78. The molecule has 6 heteroatoms. The second-order valence-corrected chi connectivity index (χ2v) is 9.72. The Balaban J connectivity index is 4.43. The van der Waals surface area contributed by atoms with E-state index in [1.807, 2.05) is 13.8 Å². The summed E-state index contributed by atoms with van der Waals surface area (Å²) >= 11 is 0. The maximum atomic E-state index is 11.9. The zero-order chi connectivity index (χ0) is 16.2. The van der Waals surface area contributed by atoms with Crippen molar-refractivity contribution < 1.29 is 13.2 Å². The van der Waals surface area contributed by atoms with Crippen LogP contribution in [0.5, 0.6) is 0 Å². The van der Waals surface area contributed by atoms with Crippen LogP contribution in [0.2, 0.25) is 0 Å². The molecule has 0 rings (SSSR count). The maximum Gasteiger partial charge on any atom is 0.315 e. The predicted octanol–water partition coefficient (Wildman–Crippen LogP) is 2.32. The Morgan fingerprint density at radius 3 is 2.05 bits per heavy atom. The Labute approximate surface area is 123 Å². The van der Waals surface area contributed by atoms with Crippen LogP contribution in [0.25, 0.3) is 0 Å².